The van der Waals surface area contributed by atoms with E-state index in [0.29, 0.717) is 6.42 Å². The molecular formula is C16H22N2OSi. The minimum atomic E-state index is -1.36. The van der Waals surface area contributed by atoms with Gasteiger partial charge in [0.1, 0.15) is 13.9 Å². The predicted octanol–water partition coefficient (Wildman–Crippen LogP) is 3.07. The zero-order valence-corrected chi connectivity index (χ0v) is 13.9. The predicted molar refractivity (Wildman–Crippen MR) is 85.2 cm³/mol. The summed E-state index contributed by atoms with van der Waals surface area (Å²) < 4.78 is 0. The average molecular weight is 286 g/mol. The molecule has 3 nitrogen and oxygen atoms in total. The lowest BCUT2D eigenvalue weighted by molar-refractivity contribution is -0.117. The maximum Gasteiger partial charge on any atom is 0.228 e. The summed E-state index contributed by atoms with van der Waals surface area (Å²) >= 11 is 0. The Hall–Kier alpha value is -1.60. The second-order valence-electron chi connectivity index (χ2n) is 7.23. The Bertz CT molecular complexity index is 573. The number of pyridine rings is 1. The minimum absolute atomic E-state index is 0.0368. The van der Waals surface area contributed by atoms with Crippen LogP contribution in [0.15, 0.2) is 18.3 Å². The summed E-state index contributed by atoms with van der Waals surface area (Å²) in [5.74, 6) is 4.07. The van der Waals surface area contributed by atoms with E-state index in [-0.39, 0.29) is 11.3 Å². The Morgan fingerprint density at radius 1 is 1.30 bits per heavy atom. The highest BCUT2D eigenvalue weighted by molar-refractivity contribution is 6.83. The van der Waals surface area contributed by atoms with Gasteiger partial charge in [-0.2, -0.15) is 0 Å². The van der Waals surface area contributed by atoms with Crippen molar-refractivity contribution in [1.82, 2.24) is 4.98 Å². The molecule has 20 heavy (non-hydrogen) atoms. The molecule has 2 rings (SSSR count). The molecule has 4 heteroatoms. The Morgan fingerprint density at radius 2 is 2.00 bits per heavy atom. The van der Waals surface area contributed by atoms with Crippen molar-refractivity contribution in [2.75, 3.05) is 11.4 Å². The summed E-state index contributed by atoms with van der Waals surface area (Å²) in [5.41, 5.74) is 4.27. The van der Waals surface area contributed by atoms with Gasteiger partial charge in [-0.1, -0.05) is 39.4 Å². The van der Waals surface area contributed by atoms with Gasteiger partial charge in [0.2, 0.25) is 5.91 Å². The maximum atomic E-state index is 12.0. The Kier molecular flexibility index (Phi) is 3.75. The molecule has 0 radical (unpaired) electrons. The van der Waals surface area contributed by atoms with E-state index in [1.807, 2.05) is 12.1 Å². The second kappa shape index (κ2) is 5.06. The molecule has 106 valence electrons. The molecule has 0 N–H and O–H groups in total. The quantitative estimate of drug-likeness (QED) is 0.587. The van der Waals surface area contributed by atoms with Crippen LogP contribution in [0.1, 0.15) is 25.8 Å². The lowest BCUT2D eigenvalue weighted by Gasteiger charge is -2.18. The van der Waals surface area contributed by atoms with Crippen molar-refractivity contribution < 1.29 is 4.79 Å². The fraction of sp³-hybridized carbons (Fsp3) is 0.500. The SMILES string of the molecule is CC1(C)CC(=O)N(c2ccc(C#C[Si](C)(C)C)cn2)C1. The average Bonchev–Trinajstić information content (AvgIpc) is 2.60. The molecular weight excluding hydrogens is 264 g/mol. The van der Waals surface area contributed by atoms with Crippen LogP contribution < -0.4 is 4.90 Å². The van der Waals surface area contributed by atoms with Gasteiger partial charge in [0, 0.05) is 24.7 Å². The zero-order chi connectivity index (χ0) is 15.0. The van der Waals surface area contributed by atoms with Gasteiger partial charge in [0.25, 0.3) is 0 Å². The lowest BCUT2D eigenvalue weighted by Crippen LogP contribution is -2.26. The van der Waals surface area contributed by atoms with E-state index in [9.17, 15) is 4.79 Å². The van der Waals surface area contributed by atoms with Crippen LogP contribution in [-0.2, 0) is 4.79 Å². The molecule has 1 aliphatic rings. The van der Waals surface area contributed by atoms with E-state index < -0.39 is 8.07 Å². The van der Waals surface area contributed by atoms with Gasteiger partial charge in [0.05, 0.1) is 0 Å². The maximum absolute atomic E-state index is 12.0. The van der Waals surface area contributed by atoms with Crippen LogP contribution in [0.3, 0.4) is 0 Å². The van der Waals surface area contributed by atoms with Crippen molar-refractivity contribution in [3.8, 4) is 11.5 Å². The van der Waals surface area contributed by atoms with Gasteiger partial charge in [-0.05, 0) is 17.5 Å². The first-order valence-corrected chi connectivity index (χ1v) is 10.5. The first kappa shape index (κ1) is 14.8. The fourth-order valence-corrected chi connectivity index (χ4v) is 2.68. The molecule has 2 heterocycles. The van der Waals surface area contributed by atoms with Gasteiger partial charge >= 0.3 is 0 Å². The summed E-state index contributed by atoms with van der Waals surface area (Å²) in [5, 5.41) is 0. The topological polar surface area (TPSA) is 33.2 Å². The molecule has 1 aromatic heterocycles. The van der Waals surface area contributed by atoms with Crippen molar-refractivity contribution in [2.24, 2.45) is 5.41 Å². The van der Waals surface area contributed by atoms with Crippen LogP contribution in [-0.4, -0.2) is 25.5 Å². The molecule has 1 saturated heterocycles. The van der Waals surface area contributed by atoms with Crippen LogP contribution >= 0.6 is 0 Å². The number of carbonyl (C=O) groups is 1. The number of hydrogen-bond donors (Lipinski definition) is 0. The highest BCUT2D eigenvalue weighted by atomic mass is 28.3. The Morgan fingerprint density at radius 3 is 2.45 bits per heavy atom. The van der Waals surface area contributed by atoms with E-state index in [0.717, 1.165) is 17.9 Å². The number of aromatic nitrogens is 1. The number of amides is 1. The smallest absolute Gasteiger partial charge is 0.228 e. The molecule has 0 aromatic carbocycles. The van der Waals surface area contributed by atoms with E-state index in [2.05, 4.69) is 49.9 Å². The molecule has 0 bridgehead atoms. The van der Waals surface area contributed by atoms with Gasteiger partial charge in [0.15, 0.2) is 0 Å². The van der Waals surface area contributed by atoms with Crippen molar-refractivity contribution in [3.05, 3.63) is 23.9 Å². The molecule has 1 fully saturated rings. The third-order valence-electron chi connectivity index (χ3n) is 3.12. The zero-order valence-electron chi connectivity index (χ0n) is 12.9. The molecule has 0 unspecified atom stereocenters. The van der Waals surface area contributed by atoms with Gasteiger partial charge < -0.3 is 0 Å². The molecule has 1 amide bonds. The summed E-state index contributed by atoms with van der Waals surface area (Å²) in [6.07, 6.45) is 2.35. The Labute approximate surface area is 122 Å². The van der Waals surface area contributed by atoms with Crippen LogP contribution in [0, 0.1) is 16.9 Å². The Balaban J connectivity index is 2.17. The molecule has 0 atom stereocenters. The second-order valence-corrected chi connectivity index (χ2v) is 12.0. The molecule has 0 aliphatic carbocycles. The van der Waals surface area contributed by atoms with Crippen LogP contribution in [0.5, 0.6) is 0 Å². The van der Waals surface area contributed by atoms with Crippen LogP contribution in [0.4, 0.5) is 5.82 Å². The van der Waals surface area contributed by atoms with Gasteiger partial charge in [-0.25, -0.2) is 4.98 Å². The van der Waals surface area contributed by atoms with E-state index in [4.69, 9.17) is 0 Å². The molecule has 0 spiro atoms. The van der Waals surface area contributed by atoms with Crippen LogP contribution in [0.2, 0.25) is 19.6 Å². The normalized spacial score (nSPS) is 17.9. The van der Waals surface area contributed by atoms with Crippen molar-refractivity contribution in [1.29, 1.82) is 0 Å². The fourth-order valence-electron chi connectivity index (χ4n) is 2.17. The van der Waals surface area contributed by atoms with E-state index in [1.54, 1.807) is 11.1 Å². The summed E-state index contributed by atoms with van der Waals surface area (Å²) in [4.78, 5) is 18.2. The number of carbonyl (C=O) groups excluding carboxylic acids is 1. The third kappa shape index (κ3) is 3.70. The van der Waals surface area contributed by atoms with Gasteiger partial charge in [-0.3, -0.25) is 9.69 Å². The first-order chi connectivity index (χ1) is 9.16. The van der Waals surface area contributed by atoms with Gasteiger partial charge in [-0.15, -0.1) is 5.54 Å². The third-order valence-corrected chi connectivity index (χ3v) is 4.00. The van der Waals surface area contributed by atoms with E-state index >= 15 is 0 Å². The summed E-state index contributed by atoms with van der Waals surface area (Å²) in [6.45, 7) is 11.6. The standard InChI is InChI=1S/C16H22N2OSi/c1-16(2)10-15(19)18(12-16)14-7-6-13(11-17-14)8-9-20(3,4)5/h6-7,11H,10,12H2,1-5H3. The largest absolute Gasteiger partial charge is 0.296 e. The van der Waals surface area contributed by atoms with Crippen molar-refractivity contribution in [3.63, 3.8) is 0 Å². The van der Waals surface area contributed by atoms with E-state index in [1.165, 1.54) is 0 Å². The first-order valence-electron chi connectivity index (χ1n) is 6.96. The van der Waals surface area contributed by atoms with Crippen molar-refractivity contribution >= 4 is 19.8 Å². The molecule has 1 aromatic rings. The monoisotopic (exact) mass is 286 g/mol. The highest BCUT2D eigenvalue weighted by Gasteiger charge is 2.36. The number of nitrogens with zero attached hydrogens (tertiary/aromatic N) is 2. The van der Waals surface area contributed by atoms with Crippen LogP contribution in [0.25, 0.3) is 0 Å². The number of rotatable bonds is 1. The lowest BCUT2D eigenvalue weighted by atomic mass is 9.93. The molecule has 0 saturated carbocycles. The highest BCUT2D eigenvalue weighted by Crippen LogP contribution is 2.32. The number of hydrogen-bond acceptors (Lipinski definition) is 2. The summed E-state index contributed by atoms with van der Waals surface area (Å²) in [6, 6.07) is 3.85. The number of anilines is 1. The summed E-state index contributed by atoms with van der Waals surface area (Å²) in [7, 11) is -1.36. The minimum Gasteiger partial charge on any atom is -0.296 e. The molecule has 1 aliphatic heterocycles. The van der Waals surface area contributed by atoms with Crippen molar-refractivity contribution in [2.45, 2.75) is 39.9 Å².